The van der Waals surface area contributed by atoms with Crippen LogP contribution in [0.1, 0.15) is 15.9 Å². The number of pyridine rings is 1. The van der Waals surface area contributed by atoms with Gasteiger partial charge in [-0.2, -0.15) is 4.31 Å². The molecule has 0 atom stereocenters. The van der Waals surface area contributed by atoms with Crippen LogP contribution in [0.25, 0.3) is 11.4 Å². The van der Waals surface area contributed by atoms with Gasteiger partial charge in [0.2, 0.25) is 10.0 Å². The van der Waals surface area contributed by atoms with Gasteiger partial charge in [0, 0.05) is 30.2 Å². The predicted molar refractivity (Wildman–Crippen MR) is 114 cm³/mol. The summed E-state index contributed by atoms with van der Waals surface area (Å²) in [4.78, 5) is 21.6. The Balaban J connectivity index is 1.56. The lowest BCUT2D eigenvalue weighted by molar-refractivity contribution is 0.0730. The van der Waals surface area contributed by atoms with Crippen molar-refractivity contribution in [2.75, 3.05) is 31.6 Å². The number of ether oxygens (including phenoxy) is 1. The summed E-state index contributed by atoms with van der Waals surface area (Å²) in [6.07, 6.45) is 1.68. The maximum Gasteiger partial charge on any atom is 0.257 e. The summed E-state index contributed by atoms with van der Waals surface area (Å²) in [5.74, 6) is -0.409. The van der Waals surface area contributed by atoms with E-state index in [-0.39, 0.29) is 4.90 Å². The molecule has 4 rings (SSSR count). The number of carbonyl (C=O) groups excluding carboxylic acids is 1. The Morgan fingerprint density at radius 1 is 1.17 bits per heavy atom. The smallest absolute Gasteiger partial charge is 0.257 e. The van der Waals surface area contributed by atoms with E-state index in [1.807, 2.05) is 23.6 Å². The molecule has 8 nitrogen and oxygen atoms in total. The van der Waals surface area contributed by atoms with Crippen LogP contribution in [0.4, 0.5) is 5.13 Å². The first-order valence-corrected chi connectivity index (χ1v) is 11.6. The number of rotatable bonds is 5. The fourth-order valence-electron chi connectivity index (χ4n) is 3.07. The Bertz CT molecular complexity index is 1160. The molecule has 10 heteroatoms. The molecule has 1 saturated heterocycles. The van der Waals surface area contributed by atoms with Gasteiger partial charge in [0.05, 0.1) is 23.8 Å². The van der Waals surface area contributed by atoms with Crippen LogP contribution in [-0.4, -0.2) is 54.9 Å². The summed E-state index contributed by atoms with van der Waals surface area (Å²) in [6.45, 7) is 3.09. The monoisotopic (exact) mass is 444 g/mol. The number of benzene rings is 1. The van der Waals surface area contributed by atoms with E-state index in [1.54, 1.807) is 19.2 Å². The Morgan fingerprint density at radius 2 is 1.97 bits per heavy atom. The highest BCUT2D eigenvalue weighted by Crippen LogP contribution is 2.25. The van der Waals surface area contributed by atoms with Crippen molar-refractivity contribution in [2.45, 2.75) is 11.8 Å². The standard InChI is InChI=1S/C20H20N4O4S2/c1-14-5-6-15(30(26,27)24-8-10-28-11-9-24)12-16(14)19(25)23-20-22-18(13-29-20)17-4-2-3-7-21-17/h2-7,12-13H,8-11H2,1H3,(H,22,23,25). The number of thiazole rings is 1. The van der Waals surface area contributed by atoms with E-state index in [2.05, 4.69) is 15.3 Å². The minimum atomic E-state index is -3.69. The number of anilines is 1. The van der Waals surface area contributed by atoms with Crippen molar-refractivity contribution >= 4 is 32.4 Å². The number of carbonyl (C=O) groups is 1. The molecule has 1 aliphatic heterocycles. The first kappa shape index (κ1) is 20.6. The zero-order valence-corrected chi connectivity index (χ0v) is 17.9. The summed E-state index contributed by atoms with van der Waals surface area (Å²) in [6, 6.07) is 10.1. The van der Waals surface area contributed by atoms with E-state index >= 15 is 0 Å². The molecule has 0 radical (unpaired) electrons. The highest BCUT2D eigenvalue weighted by atomic mass is 32.2. The fourth-order valence-corrected chi connectivity index (χ4v) is 5.20. The third-order valence-corrected chi connectivity index (χ3v) is 7.37. The summed E-state index contributed by atoms with van der Waals surface area (Å²) < 4.78 is 32.4. The van der Waals surface area contributed by atoms with Gasteiger partial charge in [0.25, 0.3) is 5.91 Å². The molecule has 0 spiro atoms. The Labute approximate surface area is 178 Å². The van der Waals surface area contributed by atoms with E-state index < -0.39 is 15.9 Å². The number of aryl methyl sites for hydroxylation is 1. The van der Waals surface area contributed by atoms with Gasteiger partial charge in [-0.1, -0.05) is 12.1 Å². The van der Waals surface area contributed by atoms with E-state index in [9.17, 15) is 13.2 Å². The van der Waals surface area contributed by atoms with Crippen LogP contribution < -0.4 is 5.32 Å². The second kappa shape index (κ2) is 8.60. The van der Waals surface area contributed by atoms with Gasteiger partial charge in [0.15, 0.2) is 5.13 Å². The molecule has 1 N–H and O–H groups in total. The second-order valence-corrected chi connectivity index (χ2v) is 9.50. The van der Waals surface area contributed by atoms with E-state index in [1.165, 1.54) is 27.8 Å². The lowest BCUT2D eigenvalue weighted by Crippen LogP contribution is -2.40. The first-order valence-electron chi connectivity index (χ1n) is 9.32. The predicted octanol–water partition coefficient (Wildman–Crippen LogP) is 2.79. The molecule has 2 aromatic heterocycles. The van der Waals surface area contributed by atoms with Gasteiger partial charge in [-0.25, -0.2) is 13.4 Å². The molecule has 3 heterocycles. The highest BCUT2D eigenvalue weighted by Gasteiger charge is 2.27. The molecule has 0 unspecified atom stereocenters. The molecule has 156 valence electrons. The minimum absolute atomic E-state index is 0.0912. The van der Waals surface area contributed by atoms with Crippen LogP contribution in [0.15, 0.2) is 52.9 Å². The average Bonchev–Trinajstić information content (AvgIpc) is 3.23. The SMILES string of the molecule is Cc1ccc(S(=O)(=O)N2CCOCC2)cc1C(=O)Nc1nc(-c2ccccn2)cs1. The van der Waals surface area contributed by atoms with Crippen LogP contribution in [0.5, 0.6) is 0 Å². The maximum absolute atomic E-state index is 12.9. The Morgan fingerprint density at radius 3 is 2.70 bits per heavy atom. The third-order valence-electron chi connectivity index (χ3n) is 4.71. The van der Waals surface area contributed by atoms with Gasteiger partial charge < -0.3 is 4.74 Å². The van der Waals surface area contributed by atoms with Gasteiger partial charge in [-0.05, 0) is 36.8 Å². The van der Waals surface area contributed by atoms with Crippen molar-refractivity contribution in [1.29, 1.82) is 0 Å². The van der Waals surface area contributed by atoms with Crippen molar-refractivity contribution in [3.63, 3.8) is 0 Å². The number of nitrogens with one attached hydrogen (secondary N) is 1. The molecule has 0 saturated carbocycles. The lowest BCUT2D eigenvalue weighted by Gasteiger charge is -2.26. The maximum atomic E-state index is 12.9. The normalized spacial score (nSPS) is 15.1. The Hall–Kier alpha value is -2.66. The van der Waals surface area contributed by atoms with Crippen molar-refractivity contribution in [1.82, 2.24) is 14.3 Å². The fraction of sp³-hybridized carbons (Fsp3) is 0.250. The summed E-state index contributed by atoms with van der Waals surface area (Å²) in [5, 5.41) is 4.99. The van der Waals surface area contributed by atoms with E-state index in [4.69, 9.17) is 4.74 Å². The van der Waals surface area contributed by atoms with Crippen molar-refractivity contribution in [2.24, 2.45) is 0 Å². The topological polar surface area (TPSA) is 101 Å². The molecular formula is C20H20N4O4S2. The van der Waals surface area contributed by atoms with Gasteiger partial charge in [-0.3, -0.25) is 15.1 Å². The Kier molecular flexibility index (Phi) is 5.91. The molecule has 0 bridgehead atoms. The van der Waals surface area contributed by atoms with Crippen LogP contribution >= 0.6 is 11.3 Å². The summed E-state index contributed by atoms with van der Waals surface area (Å²) in [5.41, 5.74) is 2.34. The number of amides is 1. The van der Waals surface area contributed by atoms with Gasteiger partial charge >= 0.3 is 0 Å². The molecule has 1 aromatic carbocycles. The van der Waals surface area contributed by atoms with Crippen molar-refractivity contribution < 1.29 is 17.9 Å². The average molecular weight is 445 g/mol. The summed E-state index contributed by atoms with van der Waals surface area (Å²) >= 11 is 1.28. The van der Waals surface area contributed by atoms with Crippen molar-refractivity contribution in [3.8, 4) is 11.4 Å². The second-order valence-electron chi connectivity index (χ2n) is 6.70. The number of morpholine rings is 1. The first-order chi connectivity index (χ1) is 14.4. The third kappa shape index (κ3) is 4.26. The lowest BCUT2D eigenvalue weighted by atomic mass is 10.1. The molecule has 0 aliphatic carbocycles. The number of nitrogens with zero attached hydrogens (tertiary/aromatic N) is 3. The zero-order valence-electron chi connectivity index (χ0n) is 16.2. The van der Waals surface area contributed by atoms with Gasteiger partial charge in [0.1, 0.15) is 5.69 Å². The minimum Gasteiger partial charge on any atom is -0.379 e. The van der Waals surface area contributed by atoms with E-state index in [0.29, 0.717) is 53.9 Å². The quantitative estimate of drug-likeness (QED) is 0.649. The van der Waals surface area contributed by atoms with E-state index in [0.717, 1.165) is 0 Å². The number of hydrogen-bond donors (Lipinski definition) is 1. The number of aromatic nitrogens is 2. The summed E-state index contributed by atoms with van der Waals surface area (Å²) in [7, 11) is -3.69. The molecule has 30 heavy (non-hydrogen) atoms. The number of hydrogen-bond acceptors (Lipinski definition) is 7. The molecule has 1 fully saturated rings. The van der Waals surface area contributed by atoms with Gasteiger partial charge in [-0.15, -0.1) is 11.3 Å². The highest BCUT2D eigenvalue weighted by molar-refractivity contribution is 7.89. The molecule has 1 amide bonds. The van der Waals surface area contributed by atoms with Crippen LogP contribution in [0, 0.1) is 6.92 Å². The molecule has 3 aromatic rings. The molecular weight excluding hydrogens is 424 g/mol. The van der Waals surface area contributed by atoms with Crippen LogP contribution in [-0.2, 0) is 14.8 Å². The zero-order chi connectivity index (χ0) is 21.1. The van der Waals surface area contributed by atoms with Crippen molar-refractivity contribution in [3.05, 3.63) is 59.1 Å². The van der Waals surface area contributed by atoms with Crippen LogP contribution in [0.2, 0.25) is 0 Å². The largest absolute Gasteiger partial charge is 0.379 e. The van der Waals surface area contributed by atoms with Crippen LogP contribution in [0.3, 0.4) is 0 Å². The number of sulfonamides is 1. The molecule has 1 aliphatic rings.